The minimum Gasteiger partial charge on any atom is -0.246 e. The van der Waals surface area contributed by atoms with Crippen molar-refractivity contribution in [3.8, 4) is 0 Å². The number of benzene rings is 1. The van der Waals surface area contributed by atoms with Crippen molar-refractivity contribution in [2.24, 2.45) is 0 Å². The number of thiazole rings is 1. The normalized spacial score (nSPS) is 10.0. The molecule has 0 saturated heterocycles. The predicted octanol–water partition coefficient (Wildman–Crippen LogP) is 2.99. The van der Waals surface area contributed by atoms with E-state index in [4.69, 9.17) is 6.57 Å². The summed E-state index contributed by atoms with van der Waals surface area (Å²) in [6.07, 6.45) is 0. The van der Waals surface area contributed by atoms with Crippen LogP contribution in [0.5, 0.6) is 0 Å². The lowest BCUT2D eigenvalue weighted by atomic mass is 10.3. The van der Waals surface area contributed by atoms with Crippen LogP contribution in [-0.2, 0) is 0 Å². The number of fused-ring (bicyclic) bond motifs is 1. The molecule has 58 valence electrons. The molecule has 4 heteroatoms. The van der Waals surface area contributed by atoms with E-state index >= 15 is 0 Å². The fourth-order valence-corrected chi connectivity index (χ4v) is 1.64. The van der Waals surface area contributed by atoms with Crippen molar-refractivity contribution < 1.29 is 4.39 Å². The summed E-state index contributed by atoms with van der Waals surface area (Å²) in [6, 6.07) is 2.81. The van der Waals surface area contributed by atoms with Gasteiger partial charge in [0.1, 0.15) is 5.82 Å². The third-order valence-corrected chi connectivity index (χ3v) is 2.31. The summed E-state index contributed by atoms with van der Waals surface area (Å²) in [5, 5.41) is 0. The van der Waals surface area contributed by atoms with Gasteiger partial charge < -0.3 is 0 Å². The van der Waals surface area contributed by atoms with Gasteiger partial charge in [-0.1, -0.05) is 0 Å². The molecule has 0 aliphatic carbocycles. The zero-order valence-corrected chi connectivity index (χ0v) is 6.73. The SMILES string of the molecule is [C-]#[N+]c1cc2ncsc2cc1F. The zero-order chi connectivity index (χ0) is 8.55. The highest BCUT2D eigenvalue weighted by Crippen LogP contribution is 2.26. The Labute approximate surface area is 72.1 Å². The standard InChI is InChI=1S/C8H3FN2S/c1-10-6-3-7-8(2-5(6)9)12-4-11-7/h2-4H. The first-order valence-electron chi connectivity index (χ1n) is 3.21. The van der Waals surface area contributed by atoms with Gasteiger partial charge in [-0.15, -0.1) is 11.3 Å². The highest BCUT2D eigenvalue weighted by Gasteiger charge is 2.05. The van der Waals surface area contributed by atoms with Crippen LogP contribution in [0.3, 0.4) is 0 Å². The van der Waals surface area contributed by atoms with Crippen LogP contribution >= 0.6 is 11.3 Å². The number of halogens is 1. The number of aromatic nitrogens is 1. The van der Waals surface area contributed by atoms with Crippen molar-refractivity contribution in [3.05, 3.63) is 34.9 Å². The summed E-state index contributed by atoms with van der Waals surface area (Å²) < 4.78 is 13.7. The average molecular weight is 178 g/mol. The van der Waals surface area contributed by atoms with Crippen LogP contribution in [0.4, 0.5) is 10.1 Å². The molecule has 2 nitrogen and oxygen atoms in total. The first kappa shape index (κ1) is 7.19. The third kappa shape index (κ3) is 0.953. The first-order chi connectivity index (χ1) is 5.81. The van der Waals surface area contributed by atoms with E-state index in [0.29, 0.717) is 5.52 Å². The molecule has 0 amide bonds. The van der Waals surface area contributed by atoms with Crippen molar-refractivity contribution in [1.29, 1.82) is 0 Å². The number of nitrogens with zero attached hydrogens (tertiary/aromatic N) is 2. The van der Waals surface area contributed by atoms with E-state index < -0.39 is 5.82 Å². The summed E-state index contributed by atoms with van der Waals surface area (Å²) in [5.41, 5.74) is 2.36. The van der Waals surface area contributed by atoms with Crippen LogP contribution in [0.2, 0.25) is 0 Å². The molecule has 0 aliphatic rings. The zero-order valence-electron chi connectivity index (χ0n) is 5.91. The Balaban J connectivity index is 2.84. The summed E-state index contributed by atoms with van der Waals surface area (Å²) in [6.45, 7) is 6.67. The van der Waals surface area contributed by atoms with Crippen molar-refractivity contribution >= 4 is 27.2 Å². The minimum absolute atomic E-state index is 0.0356. The van der Waals surface area contributed by atoms with Gasteiger partial charge in [-0.3, -0.25) is 0 Å². The van der Waals surface area contributed by atoms with Crippen LogP contribution in [-0.4, -0.2) is 4.98 Å². The molecule has 2 rings (SSSR count). The molecule has 1 heterocycles. The minimum atomic E-state index is -0.471. The molecule has 2 aromatic rings. The second-order valence-corrected chi connectivity index (χ2v) is 3.12. The Kier molecular flexibility index (Phi) is 1.52. The lowest BCUT2D eigenvalue weighted by Crippen LogP contribution is -1.73. The summed E-state index contributed by atoms with van der Waals surface area (Å²) in [7, 11) is 0. The van der Waals surface area contributed by atoms with E-state index in [1.807, 2.05) is 0 Å². The molecule has 0 unspecified atom stereocenters. The second-order valence-electron chi connectivity index (χ2n) is 2.24. The van der Waals surface area contributed by atoms with E-state index in [1.54, 1.807) is 5.51 Å². The molecule has 0 saturated carbocycles. The van der Waals surface area contributed by atoms with Crippen LogP contribution in [0.25, 0.3) is 15.1 Å². The maximum atomic E-state index is 13.0. The molecule has 1 aromatic heterocycles. The summed E-state index contributed by atoms with van der Waals surface area (Å²) in [5.74, 6) is -0.471. The summed E-state index contributed by atoms with van der Waals surface area (Å²) >= 11 is 1.37. The quantitative estimate of drug-likeness (QED) is 0.567. The summed E-state index contributed by atoms with van der Waals surface area (Å²) in [4.78, 5) is 7.02. The number of hydrogen-bond donors (Lipinski definition) is 0. The highest BCUT2D eigenvalue weighted by molar-refractivity contribution is 7.16. The highest BCUT2D eigenvalue weighted by atomic mass is 32.1. The lowest BCUT2D eigenvalue weighted by Gasteiger charge is -1.91. The average Bonchev–Trinajstić information content (AvgIpc) is 2.49. The van der Waals surface area contributed by atoms with Gasteiger partial charge in [0.05, 0.1) is 22.3 Å². The van der Waals surface area contributed by atoms with E-state index in [9.17, 15) is 4.39 Å². The van der Waals surface area contributed by atoms with E-state index in [1.165, 1.54) is 23.5 Å². The molecule has 1 aromatic carbocycles. The van der Waals surface area contributed by atoms with Crippen LogP contribution < -0.4 is 0 Å². The van der Waals surface area contributed by atoms with Crippen molar-refractivity contribution in [2.45, 2.75) is 0 Å². The fourth-order valence-electron chi connectivity index (χ4n) is 0.953. The van der Waals surface area contributed by atoms with Crippen LogP contribution in [0, 0.1) is 12.4 Å². The van der Waals surface area contributed by atoms with E-state index in [-0.39, 0.29) is 5.69 Å². The van der Waals surface area contributed by atoms with Gasteiger partial charge in [-0.2, -0.15) is 0 Å². The number of hydrogen-bond acceptors (Lipinski definition) is 2. The van der Waals surface area contributed by atoms with Crippen molar-refractivity contribution in [1.82, 2.24) is 4.98 Å². The Morgan fingerprint density at radius 1 is 1.50 bits per heavy atom. The van der Waals surface area contributed by atoms with Gasteiger partial charge in [-0.05, 0) is 12.1 Å². The Bertz CT molecular complexity index is 469. The lowest BCUT2D eigenvalue weighted by molar-refractivity contribution is 0.635. The molecule has 0 radical (unpaired) electrons. The molecule has 12 heavy (non-hydrogen) atoms. The van der Waals surface area contributed by atoms with Gasteiger partial charge >= 0.3 is 0 Å². The second kappa shape index (κ2) is 2.54. The molecule has 0 bridgehead atoms. The molecular weight excluding hydrogens is 175 g/mol. The molecule has 0 atom stereocenters. The van der Waals surface area contributed by atoms with Gasteiger partial charge in [0.2, 0.25) is 5.69 Å². The monoisotopic (exact) mass is 178 g/mol. The fraction of sp³-hybridized carbons (Fsp3) is 0. The van der Waals surface area contributed by atoms with Crippen LogP contribution in [0.15, 0.2) is 17.6 Å². The smallest absolute Gasteiger partial charge is 0.224 e. The Morgan fingerprint density at radius 3 is 3.08 bits per heavy atom. The molecule has 0 N–H and O–H groups in total. The first-order valence-corrected chi connectivity index (χ1v) is 4.09. The van der Waals surface area contributed by atoms with Crippen molar-refractivity contribution in [3.63, 3.8) is 0 Å². The molecule has 0 fully saturated rings. The van der Waals surface area contributed by atoms with Gasteiger partial charge in [0.25, 0.3) is 0 Å². The molecule has 0 aliphatic heterocycles. The topological polar surface area (TPSA) is 17.2 Å². The van der Waals surface area contributed by atoms with Gasteiger partial charge in [0, 0.05) is 0 Å². The van der Waals surface area contributed by atoms with Crippen LogP contribution in [0.1, 0.15) is 0 Å². The predicted molar refractivity (Wildman–Crippen MR) is 45.8 cm³/mol. The van der Waals surface area contributed by atoms with E-state index in [2.05, 4.69) is 9.83 Å². The Hall–Kier alpha value is -1.47. The number of rotatable bonds is 0. The molecular formula is C8H3FN2S. The maximum Gasteiger partial charge on any atom is 0.224 e. The van der Waals surface area contributed by atoms with Crippen molar-refractivity contribution in [2.75, 3.05) is 0 Å². The largest absolute Gasteiger partial charge is 0.246 e. The maximum absolute atomic E-state index is 13.0. The Morgan fingerprint density at radius 2 is 2.33 bits per heavy atom. The van der Waals surface area contributed by atoms with Gasteiger partial charge in [0.15, 0.2) is 0 Å². The van der Waals surface area contributed by atoms with E-state index in [0.717, 1.165) is 4.70 Å². The molecule has 0 spiro atoms. The third-order valence-electron chi connectivity index (χ3n) is 1.52. The van der Waals surface area contributed by atoms with Gasteiger partial charge in [-0.25, -0.2) is 14.2 Å².